The summed E-state index contributed by atoms with van der Waals surface area (Å²) < 4.78 is 0. The molecule has 108 valence electrons. The second-order valence-electron chi connectivity index (χ2n) is 5.31. The summed E-state index contributed by atoms with van der Waals surface area (Å²) in [5.74, 6) is -0.477. The molecule has 0 aliphatic carbocycles. The molecule has 1 fully saturated rings. The highest BCUT2D eigenvalue weighted by molar-refractivity contribution is 5.94. The zero-order valence-corrected chi connectivity index (χ0v) is 11.4. The molecule has 0 radical (unpaired) electrons. The van der Waals surface area contributed by atoms with Crippen LogP contribution in [0.25, 0.3) is 0 Å². The van der Waals surface area contributed by atoms with E-state index in [0.29, 0.717) is 24.2 Å². The van der Waals surface area contributed by atoms with Gasteiger partial charge < -0.3 is 15.7 Å². The van der Waals surface area contributed by atoms with E-state index < -0.39 is 5.97 Å². The third-order valence-electron chi connectivity index (χ3n) is 3.73. The van der Waals surface area contributed by atoms with E-state index in [0.717, 1.165) is 19.4 Å². The van der Waals surface area contributed by atoms with Crippen LogP contribution < -0.4 is 5.73 Å². The zero-order chi connectivity index (χ0) is 14.5. The van der Waals surface area contributed by atoms with E-state index in [2.05, 4.69) is 0 Å². The summed E-state index contributed by atoms with van der Waals surface area (Å²) in [6, 6.07) is 6.91. The number of carbonyl (C=O) groups is 2. The van der Waals surface area contributed by atoms with Gasteiger partial charge in [-0.3, -0.25) is 9.59 Å². The topological polar surface area (TPSA) is 83.6 Å². The molecule has 1 unspecified atom stereocenters. The molecule has 1 aliphatic rings. The maximum Gasteiger partial charge on any atom is 0.303 e. The van der Waals surface area contributed by atoms with Gasteiger partial charge in [-0.05, 0) is 49.4 Å². The summed E-state index contributed by atoms with van der Waals surface area (Å²) in [6.07, 6.45) is 2.75. The Bertz CT molecular complexity index is 484. The lowest BCUT2D eigenvalue weighted by atomic mass is 9.93. The molecule has 1 aliphatic heterocycles. The fourth-order valence-electron chi connectivity index (χ4n) is 2.62. The Hall–Kier alpha value is -2.04. The molecule has 5 heteroatoms. The number of benzene rings is 1. The van der Waals surface area contributed by atoms with Crippen LogP contribution in [0.2, 0.25) is 0 Å². The minimum Gasteiger partial charge on any atom is -0.481 e. The predicted octanol–water partition coefficient (Wildman–Crippen LogP) is 1.99. The van der Waals surface area contributed by atoms with Crippen molar-refractivity contribution in [3.05, 3.63) is 29.8 Å². The zero-order valence-electron chi connectivity index (χ0n) is 11.4. The second kappa shape index (κ2) is 6.41. The van der Waals surface area contributed by atoms with Crippen LogP contribution in [0.5, 0.6) is 0 Å². The van der Waals surface area contributed by atoms with Crippen LogP contribution in [0.15, 0.2) is 24.3 Å². The summed E-state index contributed by atoms with van der Waals surface area (Å²) in [5.41, 5.74) is 6.89. The van der Waals surface area contributed by atoms with Gasteiger partial charge in [0.15, 0.2) is 0 Å². The molecule has 5 nitrogen and oxygen atoms in total. The third kappa shape index (κ3) is 3.73. The number of carboxylic acid groups (broad SMARTS) is 1. The van der Waals surface area contributed by atoms with Crippen molar-refractivity contribution in [2.75, 3.05) is 18.8 Å². The molecule has 0 bridgehead atoms. The number of nitrogens with two attached hydrogens (primary N) is 1. The summed E-state index contributed by atoms with van der Waals surface area (Å²) in [7, 11) is 0. The van der Waals surface area contributed by atoms with Crippen molar-refractivity contribution in [1.82, 2.24) is 4.90 Å². The number of rotatable bonds is 4. The Morgan fingerprint density at radius 2 is 2.00 bits per heavy atom. The summed E-state index contributed by atoms with van der Waals surface area (Å²) in [6.45, 7) is 1.39. The van der Waals surface area contributed by atoms with E-state index in [1.165, 1.54) is 0 Å². The number of hydrogen-bond donors (Lipinski definition) is 2. The molecule has 1 saturated heterocycles. The molecule has 0 saturated carbocycles. The van der Waals surface area contributed by atoms with Crippen LogP contribution >= 0.6 is 0 Å². The van der Waals surface area contributed by atoms with E-state index in [-0.39, 0.29) is 18.2 Å². The average molecular weight is 276 g/mol. The normalized spacial score (nSPS) is 18.8. The van der Waals surface area contributed by atoms with Crippen molar-refractivity contribution < 1.29 is 14.7 Å². The molecule has 1 amide bonds. The number of hydrogen-bond acceptors (Lipinski definition) is 3. The lowest BCUT2D eigenvalue weighted by Crippen LogP contribution is -2.40. The summed E-state index contributed by atoms with van der Waals surface area (Å²) >= 11 is 0. The lowest BCUT2D eigenvalue weighted by molar-refractivity contribution is -0.137. The van der Waals surface area contributed by atoms with Gasteiger partial charge in [-0.25, -0.2) is 0 Å². The molecular formula is C15H20N2O3. The van der Waals surface area contributed by atoms with Crippen LogP contribution in [0, 0.1) is 5.92 Å². The van der Waals surface area contributed by atoms with Gasteiger partial charge in [0.2, 0.25) is 0 Å². The van der Waals surface area contributed by atoms with Gasteiger partial charge in [0, 0.05) is 30.8 Å². The van der Waals surface area contributed by atoms with Crippen LogP contribution in [0.3, 0.4) is 0 Å². The average Bonchev–Trinajstić information content (AvgIpc) is 2.45. The first-order valence-electron chi connectivity index (χ1n) is 6.93. The largest absolute Gasteiger partial charge is 0.481 e. The molecular weight excluding hydrogens is 256 g/mol. The highest BCUT2D eigenvalue weighted by Crippen LogP contribution is 2.22. The smallest absolute Gasteiger partial charge is 0.303 e. The van der Waals surface area contributed by atoms with E-state index in [1.54, 1.807) is 24.3 Å². The van der Waals surface area contributed by atoms with Gasteiger partial charge in [-0.2, -0.15) is 0 Å². The highest BCUT2D eigenvalue weighted by atomic mass is 16.4. The van der Waals surface area contributed by atoms with Gasteiger partial charge in [-0.15, -0.1) is 0 Å². The molecule has 1 heterocycles. The minimum absolute atomic E-state index is 0.00465. The Labute approximate surface area is 118 Å². The number of piperidine rings is 1. The third-order valence-corrected chi connectivity index (χ3v) is 3.73. The highest BCUT2D eigenvalue weighted by Gasteiger charge is 2.24. The molecule has 1 aromatic carbocycles. The fraction of sp³-hybridized carbons (Fsp3) is 0.467. The van der Waals surface area contributed by atoms with Crippen LogP contribution in [0.4, 0.5) is 5.69 Å². The lowest BCUT2D eigenvalue weighted by Gasteiger charge is -2.32. The first-order valence-corrected chi connectivity index (χ1v) is 6.93. The van der Waals surface area contributed by atoms with E-state index in [9.17, 15) is 9.59 Å². The predicted molar refractivity (Wildman–Crippen MR) is 76.4 cm³/mol. The summed E-state index contributed by atoms with van der Waals surface area (Å²) in [5, 5.41) is 8.73. The van der Waals surface area contributed by atoms with Crippen LogP contribution in [-0.4, -0.2) is 35.0 Å². The van der Waals surface area contributed by atoms with Crippen molar-refractivity contribution in [3.63, 3.8) is 0 Å². The number of carboxylic acids is 1. The Morgan fingerprint density at radius 3 is 2.65 bits per heavy atom. The van der Waals surface area contributed by atoms with Crippen molar-refractivity contribution in [2.24, 2.45) is 5.92 Å². The second-order valence-corrected chi connectivity index (χ2v) is 5.31. The monoisotopic (exact) mass is 276 g/mol. The fourth-order valence-corrected chi connectivity index (χ4v) is 2.62. The Morgan fingerprint density at radius 1 is 1.30 bits per heavy atom. The number of anilines is 1. The first kappa shape index (κ1) is 14.4. The summed E-state index contributed by atoms with van der Waals surface area (Å²) in [4.78, 5) is 24.8. The van der Waals surface area contributed by atoms with Gasteiger partial charge >= 0.3 is 5.97 Å². The van der Waals surface area contributed by atoms with Gasteiger partial charge in [0.25, 0.3) is 5.91 Å². The standard InChI is InChI=1S/C15H20N2O3/c16-13-6-4-12(5-7-13)15(20)17-9-1-2-11(10-17)3-8-14(18)19/h4-7,11H,1-3,8-10,16H2,(H,18,19). The van der Waals surface area contributed by atoms with E-state index in [1.807, 2.05) is 4.90 Å². The quantitative estimate of drug-likeness (QED) is 0.824. The number of aliphatic carboxylic acids is 1. The molecule has 1 atom stereocenters. The van der Waals surface area contributed by atoms with Crippen molar-refractivity contribution >= 4 is 17.6 Å². The molecule has 3 N–H and O–H groups in total. The molecule has 1 aromatic rings. The Balaban J connectivity index is 1.96. The van der Waals surface area contributed by atoms with E-state index >= 15 is 0 Å². The minimum atomic E-state index is -0.771. The molecule has 0 aromatic heterocycles. The number of carbonyl (C=O) groups excluding carboxylic acids is 1. The molecule has 0 spiro atoms. The molecule has 2 rings (SSSR count). The van der Waals surface area contributed by atoms with E-state index in [4.69, 9.17) is 10.8 Å². The number of nitrogen functional groups attached to an aromatic ring is 1. The van der Waals surface area contributed by atoms with Crippen molar-refractivity contribution in [1.29, 1.82) is 0 Å². The van der Waals surface area contributed by atoms with Crippen LogP contribution in [0.1, 0.15) is 36.0 Å². The molecule has 20 heavy (non-hydrogen) atoms. The van der Waals surface area contributed by atoms with Gasteiger partial charge in [-0.1, -0.05) is 0 Å². The SMILES string of the molecule is Nc1ccc(C(=O)N2CCCC(CCC(=O)O)C2)cc1. The van der Waals surface area contributed by atoms with Crippen molar-refractivity contribution in [3.8, 4) is 0 Å². The number of nitrogens with zero attached hydrogens (tertiary/aromatic N) is 1. The van der Waals surface area contributed by atoms with Gasteiger partial charge in [0.05, 0.1) is 0 Å². The van der Waals surface area contributed by atoms with Gasteiger partial charge in [0.1, 0.15) is 0 Å². The first-order chi connectivity index (χ1) is 9.56. The van der Waals surface area contributed by atoms with Crippen molar-refractivity contribution in [2.45, 2.75) is 25.7 Å². The van der Waals surface area contributed by atoms with Crippen LogP contribution in [-0.2, 0) is 4.79 Å². The number of amides is 1. The number of likely N-dealkylation sites (tertiary alicyclic amines) is 1. The Kier molecular flexibility index (Phi) is 4.61. The maximum atomic E-state index is 12.4. The maximum absolute atomic E-state index is 12.4.